The van der Waals surface area contributed by atoms with E-state index in [2.05, 4.69) is 10.6 Å². The molecule has 2 saturated heterocycles. The number of ether oxygens (including phenoxy) is 1. The summed E-state index contributed by atoms with van der Waals surface area (Å²) >= 11 is 12.2. The second kappa shape index (κ2) is 11.7. The SMILES string of the molecule is COc1c(Cl)cc(C(=O)NC2CCC(=O)N3CCCC(C(=O)NC(C=O)CC(C)=O)N3C2=O)cc1Cl. The molecule has 0 aromatic heterocycles. The highest BCUT2D eigenvalue weighted by molar-refractivity contribution is 6.37. The Morgan fingerprint density at radius 1 is 1.19 bits per heavy atom. The van der Waals surface area contributed by atoms with Gasteiger partial charge in [-0.3, -0.25) is 29.0 Å². The number of methoxy groups -OCH3 is 1. The zero-order valence-corrected chi connectivity index (χ0v) is 21.2. The standard InChI is InChI=1S/C23H26Cl2N4O7/c1-12(31)8-14(11-30)26-22(34)18-4-3-7-28-19(32)6-5-17(23(35)29(18)28)27-21(33)13-9-15(24)20(36-2)16(25)10-13/h9-11,14,17-18H,3-8H2,1-2H3,(H,26,34)(H,27,33). The van der Waals surface area contributed by atoms with Crippen molar-refractivity contribution in [2.75, 3.05) is 13.7 Å². The lowest BCUT2D eigenvalue weighted by Crippen LogP contribution is -2.64. The largest absolute Gasteiger partial charge is 0.494 e. The van der Waals surface area contributed by atoms with Gasteiger partial charge in [0, 0.05) is 24.9 Å². The van der Waals surface area contributed by atoms with Crippen molar-refractivity contribution in [1.82, 2.24) is 20.7 Å². The number of nitrogens with zero attached hydrogens (tertiary/aromatic N) is 2. The Balaban J connectivity index is 1.83. The van der Waals surface area contributed by atoms with Crippen molar-refractivity contribution in [3.63, 3.8) is 0 Å². The van der Waals surface area contributed by atoms with Crippen LogP contribution in [0.1, 0.15) is 49.4 Å². The topological polar surface area (TPSA) is 142 Å². The quantitative estimate of drug-likeness (QED) is 0.473. The number of Topliss-reactive ketones (excluding diaryl/α,β-unsaturated/α-hetero) is 1. The van der Waals surface area contributed by atoms with Gasteiger partial charge in [0.25, 0.3) is 11.8 Å². The van der Waals surface area contributed by atoms with E-state index in [-0.39, 0.29) is 65.3 Å². The van der Waals surface area contributed by atoms with Crippen LogP contribution in [0.3, 0.4) is 0 Å². The lowest BCUT2D eigenvalue weighted by atomic mass is 10.0. The van der Waals surface area contributed by atoms with Crippen molar-refractivity contribution < 1.29 is 33.5 Å². The van der Waals surface area contributed by atoms with Gasteiger partial charge in [-0.05, 0) is 38.3 Å². The van der Waals surface area contributed by atoms with Crippen LogP contribution >= 0.6 is 23.2 Å². The number of carbonyl (C=O) groups is 6. The molecule has 194 valence electrons. The zero-order valence-electron chi connectivity index (χ0n) is 19.7. The van der Waals surface area contributed by atoms with Crippen molar-refractivity contribution in [3.05, 3.63) is 27.7 Å². The number of ketones is 1. The molecular formula is C23H26Cl2N4O7. The predicted octanol–water partition coefficient (Wildman–Crippen LogP) is 1.29. The van der Waals surface area contributed by atoms with Gasteiger partial charge in [-0.2, -0.15) is 0 Å². The fourth-order valence-electron chi connectivity index (χ4n) is 4.26. The Kier molecular flexibility index (Phi) is 8.91. The summed E-state index contributed by atoms with van der Waals surface area (Å²) < 4.78 is 5.08. The molecule has 13 heteroatoms. The first-order chi connectivity index (χ1) is 17.1. The van der Waals surface area contributed by atoms with E-state index in [4.69, 9.17) is 27.9 Å². The smallest absolute Gasteiger partial charge is 0.264 e. The molecule has 1 aromatic rings. The van der Waals surface area contributed by atoms with Gasteiger partial charge in [0.1, 0.15) is 24.2 Å². The van der Waals surface area contributed by atoms with Crippen molar-refractivity contribution >= 4 is 58.9 Å². The summed E-state index contributed by atoms with van der Waals surface area (Å²) in [6.07, 6.45) is 0.924. The molecule has 4 amide bonds. The fourth-order valence-corrected chi connectivity index (χ4v) is 4.90. The number of benzene rings is 1. The van der Waals surface area contributed by atoms with Crippen LogP contribution in [0.4, 0.5) is 0 Å². The number of halogens is 2. The molecule has 2 N–H and O–H groups in total. The molecule has 0 bridgehead atoms. The number of hydrogen-bond donors (Lipinski definition) is 2. The van der Waals surface area contributed by atoms with Crippen LogP contribution in [0.5, 0.6) is 5.75 Å². The third-order valence-corrected chi connectivity index (χ3v) is 6.49. The second-order valence-corrected chi connectivity index (χ2v) is 9.37. The Bertz CT molecular complexity index is 1070. The van der Waals surface area contributed by atoms with Gasteiger partial charge >= 0.3 is 0 Å². The summed E-state index contributed by atoms with van der Waals surface area (Å²) in [4.78, 5) is 75.0. The Labute approximate surface area is 217 Å². The van der Waals surface area contributed by atoms with E-state index in [0.717, 1.165) is 5.01 Å². The molecule has 1 aromatic carbocycles. The van der Waals surface area contributed by atoms with Gasteiger partial charge in [0.2, 0.25) is 11.8 Å². The molecule has 0 aliphatic carbocycles. The van der Waals surface area contributed by atoms with Crippen molar-refractivity contribution in [1.29, 1.82) is 0 Å². The van der Waals surface area contributed by atoms with Crippen LogP contribution < -0.4 is 15.4 Å². The summed E-state index contributed by atoms with van der Waals surface area (Å²) in [7, 11) is 1.38. The van der Waals surface area contributed by atoms with Crippen LogP contribution in [0.2, 0.25) is 10.0 Å². The first-order valence-corrected chi connectivity index (χ1v) is 12.0. The summed E-state index contributed by atoms with van der Waals surface area (Å²) in [5, 5.41) is 7.56. The van der Waals surface area contributed by atoms with E-state index >= 15 is 0 Å². The van der Waals surface area contributed by atoms with E-state index < -0.39 is 35.8 Å². The molecule has 3 rings (SSSR count). The summed E-state index contributed by atoms with van der Waals surface area (Å²) in [5.41, 5.74) is 0.0806. The van der Waals surface area contributed by atoms with E-state index in [1.807, 2.05) is 0 Å². The monoisotopic (exact) mass is 540 g/mol. The number of hydrazine groups is 1. The lowest BCUT2D eigenvalue weighted by molar-refractivity contribution is -0.176. The first kappa shape index (κ1) is 27.4. The van der Waals surface area contributed by atoms with Gasteiger partial charge in [-0.15, -0.1) is 0 Å². The molecule has 3 unspecified atom stereocenters. The molecule has 0 spiro atoms. The number of rotatable bonds is 8. The molecule has 36 heavy (non-hydrogen) atoms. The van der Waals surface area contributed by atoms with Gasteiger partial charge < -0.3 is 20.2 Å². The Morgan fingerprint density at radius 3 is 2.44 bits per heavy atom. The summed E-state index contributed by atoms with van der Waals surface area (Å²) in [6.45, 7) is 1.52. The summed E-state index contributed by atoms with van der Waals surface area (Å²) in [5.74, 6) is -2.43. The highest BCUT2D eigenvalue weighted by atomic mass is 35.5. The minimum absolute atomic E-state index is 0.0175. The number of aldehydes is 1. The van der Waals surface area contributed by atoms with Crippen molar-refractivity contribution in [3.8, 4) is 5.75 Å². The Hall–Kier alpha value is -3.18. The highest BCUT2D eigenvalue weighted by Gasteiger charge is 2.45. The van der Waals surface area contributed by atoms with E-state index in [1.165, 1.54) is 31.2 Å². The lowest BCUT2D eigenvalue weighted by Gasteiger charge is -2.43. The summed E-state index contributed by atoms with van der Waals surface area (Å²) in [6, 6.07) is -0.577. The molecular weight excluding hydrogens is 515 g/mol. The molecule has 0 radical (unpaired) electrons. The number of nitrogens with one attached hydrogen (secondary N) is 2. The van der Waals surface area contributed by atoms with Crippen LogP contribution in [-0.4, -0.2) is 77.5 Å². The van der Waals surface area contributed by atoms with Crippen LogP contribution in [0.15, 0.2) is 12.1 Å². The van der Waals surface area contributed by atoms with Crippen LogP contribution in [0.25, 0.3) is 0 Å². The van der Waals surface area contributed by atoms with Gasteiger partial charge in [-0.25, -0.2) is 5.01 Å². The number of amides is 4. The molecule has 2 fully saturated rings. The predicted molar refractivity (Wildman–Crippen MR) is 128 cm³/mol. The minimum atomic E-state index is -1.11. The number of hydrogen-bond acceptors (Lipinski definition) is 7. The van der Waals surface area contributed by atoms with Crippen LogP contribution in [0, 0.1) is 0 Å². The first-order valence-electron chi connectivity index (χ1n) is 11.3. The van der Waals surface area contributed by atoms with Crippen LogP contribution in [-0.2, 0) is 24.0 Å². The fraction of sp³-hybridized carbons (Fsp3) is 0.478. The average molecular weight is 541 g/mol. The van der Waals surface area contributed by atoms with Crippen molar-refractivity contribution in [2.24, 2.45) is 0 Å². The molecule has 0 saturated carbocycles. The highest BCUT2D eigenvalue weighted by Crippen LogP contribution is 2.34. The number of carbonyl (C=O) groups excluding carboxylic acids is 6. The minimum Gasteiger partial charge on any atom is -0.494 e. The zero-order chi connectivity index (χ0) is 26.6. The van der Waals surface area contributed by atoms with Gasteiger partial charge in [0.15, 0.2) is 5.75 Å². The average Bonchev–Trinajstić information content (AvgIpc) is 2.95. The molecule has 2 aliphatic rings. The molecule has 3 atom stereocenters. The third-order valence-electron chi connectivity index (χ3n) is 5.93. The second-order valence-electron chi connectivity index (χ2n) is 8.55. The normalized spacial score (nSPS) is 20.7. The van der Waals surface area contributed by atoms with E-state index in [0.29, 0.717) is 12.7 Å². The van der Waals surface area contributed by atoms with Gasteiger partial charge in [0.05, 0.1) is 23.2 Å². The molecule has 11 nitrogen and oxygen atoms in total. The maximum Gasteiger partial charge on any atom is 0.264 e. The van der Waals surface area contributed by atoms with E-state index in [9.17, 15) is 28.8 Å². The van der Waals surface area contributed by atoms with E-state index in [1.54, 1.807) is 0 Å². The molecule has 2 aliphatic heterocycles. The maximum absolute atomic E-state index is 13.5. The van der Waals surface area contributed by atoms with Gasteiger partial charge in [-0.1, -0.05) is 23.2 Å². The van der Waals surface area contributed by atoms with Crippen molar-refractivity contribution in [2.45, 2.75) is 57.2 Å². The maximum atomic E-state index is 13.5. The third kappa shape index (κ3) is 5.96. The Morgan fingerprint density at radius 2 is 1.86 bits per heavy atom. The molecule has 2 heterocycles. The number of fused-ring (bicyclic) bond motifs is 1.